The zero-order valence-corrected chi connectivity index (χ0v) is 8.23. The van der Waals surface area contributed by atoms with Crippen molar-refractivity contribution in [3.8, 4) is 0 Å². The molecule has 0 atom stereocenters. The molecule has 16 heavy (non-hydrogen) atoms. The number of nitrogens with zero attached hydrogens (tertiary/aromatic N) is 1. The van der Waals surface area contributed by atoms with Crippen LogP contribution in [0.5, 0.6) is 0 Å². The lowest BCUT2D eigenvalue weighted by Gasteiger charge is -2.15. The highest BCUT2D eigenvalue weighted by Gasteiger charge is 2.40. The highest BCUT2D eigenvalue weighted by atomic mass is 19.3. The quantitative estimate of drug-likeness (QED) is 0.780. The second-order valence-corrected chi connectivity index (χ2v) is 3.13. The van der Waals surface area contributed by atoms with Gasteiger partial charge in [-0.1, -0.05) is 0 Å². The zero-order valence-electron chi connectivity index (χ0n) is 8.23. The molecule has 4 nitrogen and oxygen atoms in total. The summed E-state index contributed by atoms with van der Waals surface area (Å²) in [6.45, 7) is 0.165. The molecule has 0 saturated heterocycles. The summed E-state index contributed by atoms with van der Waals surface area (Å²) in [6.07, 6.45) is -3.76. The van der Waals surface area contributed by atoms with Crippen LogP contribution < -0.4 is 10.9 Å². The first-order valence-electron chi connectivity index (χ1n) is 4.29. The summed E-state index contributed by atoms with van der Waals surface area (Å²) in [5.74, 6) is -4.12. The van der Waals surface area contributed by atoms with Crippen molar-refractivity contribution in [2.45, 2.75) is 19.3 Å². The Bertz CT molecular complexity index is 418. The summed E-state index contributed by atoms with van der Waals surface area (Å²) in [6, 6.07) is 0.911. The SMILES string of the molecule is Cc1nc(NCC(F)(F)C(F)F)cc(=O)[nH]1. The van der Waals surface area contributed by atoms with Crippen molar-refractivity contribution in [2.24, 2.45) is 0 Å². The summed E-state index contributed by atoms with van der Waals surface area (Å²) in [7, 11) is 0. The molecule has 0 bridgehead atoms. The molecule has 1 rings (SSSR count). The molecule has 1 aromatic heterocycles. The van der Waals surface area contributed by atoms with E-state index in [4.69, 9.17) is 0 Å². The maximum atomic E-state index is 12.5. The smallest absolute Gasteiger partial charge is 0.324 e. The van der Waals surface area contributed by atoms with E-state index < -0.39 is 24.5 Å². The molecule has 0 aliphatic heterocycles. The van der Waals surface area contributed by atoms with Crippen LogP contribution in [0.25, 0.3) is 0 Å². The van der Waals surface area contributed by atoms with Crippen molar-refractivity contribution in [1.82, 2.24) is 9.97 Å². The first kappa shape index (κ1) is 12.5. The molecule has 0 radical (unpaired) electrons. The van der Waals surface area contributed by atoms with Gasteiger partial charge in [-0.2, -0.15) is 8.78 Å². The number of aryl methyl sites for hydroxylation is 1. The lowest BCUT2D eigenvalue weighted by Crippen LogP contribution is -2.35. The molecule has 0 amide bonds. The fourth-order valence-corrected chi connectivity index (χ4v) is 0.956. The van der Waals surface area contributed by atoms with Gasteiger partial charge in [-0.25, -0.2) is 13.8 Å². The third-order valence-electron chi connectivity index (χ3n) is 1.68. The molecule has 0 fully saturated rings. The van der Waals surface area contributed by atoms with Gasteiger partial charge in [0.25, 0.3) is 5.56 Å². The molecular formula is C8H9F4N3O. The Morgan fingerprint density at radius 3 is 2.69 bits per heavy atom. The van der Waals surface area contributed by atoms with Crippen LogP contribution in [-0.4, -0.2) is 28.9 Å². The fraction of sp³-hybridized carbons (Fsp3) is 0.500. The first-order chi connectivity index (χ1) is 7.31. The van der Waals surface area contributed by atoms with E-state index in [1.54, 1.807) is 0 Å². The van der Waals surface area contributed by atoms with Crippen LogP contribution in [0.1, 0.15) is 5.82 Å². The van der Waals surface area contributed by atoms with Crippen LogP contribution in [0.4, 0.5) is 23.4 Å². The van der Waals surface area contributed by atoms with E-state index in [0.717, 1.165) is 6.07 Å². The lowest BCUT2D eigenvalue weighted by molar-refractivity contribution is -0.117. The van der Waals surface area contributed by atoms with Gasteiger partial charge in [0, 0.05) is 6.07 Å². The Kier molecular flexibility index (Phi) is 3.51. The number of anilines is 1. The van der Waals surface area contributed by atoms with Crippen LogP contribution in [0.15, 0.2) is 10.9 Å². The molecule has 0 saturated carbocycles. The topological polar surface area (TPSA) is 57.8 Å². The molecule has 0 aliphatic carbocycles. The summed E-state index contributed by atoms with van der Waals surface area (Å²) < 4.78 is 48.6. The minimum absolute atomic E-state index is 0.165. The summed E-state index contributed by atoms with van der Waals surface area (Å²) in [4.78, 5) is 16.8. The maximum absolute atomic E-state index is 12.5. The van der Waals surface area contributed by atoms with Crippen LogP contribution >= 0.6 is 0 Å². The number of nitrogens with one attached hydrogen (secondary N) is 2. The Balaban J connectivity index is 2.72. The minimum Gasteiger partial charge on any atom is -0.364 e. The number of rotatable bonds is 4. The minimum atomic E-state index is -4.15. The molecule has 2 N–H and O–H groups in total. The molecule has 0 spiro atoms. The van der Waals surface area contributed by atoms with Crippen molar-refractivity contribution in [3.63, 3.8) is 0 Å². The van der Waals surface area contributed by atoms with Gasteiger partial charge in [0.1, 0.15) is 11.6 Å². The van der Waals surface area contributed by atoms with Crippen molar-refractivity contribution < 1.29 is 17.6 Å². The van der Waals surface area contributed by atoms with E-state index in [-0.39, 0.29) is 11.6 Å². The molecule has 0 aromatic carbocycles. The van der Waals surface area contributed by atoms with Gasteiger partial charge in [0.2, 0.25) is 0 Å². The van der Waals surface area contributed by atoms with E-state index in [0.29, 0.717) is 0 Å². The Labute approximate surface area is 87.7 Å². The molecular weight excluding hydrogens is 230 g/mol. The number of halogens is 4. The molecule has 0 unspecified atom stereocenters. The molecule has 8 heteroatoms. The van der Waals surface area contributed by atoms with Crippen molar-refractivity contribution in [3.05, 3.63) is 22.2 Å². The standard InChI is InChI=1S/C8H9F4N3O/c1-4-14-5(2-6(16)15-4)13-3-8(11,12)7(9)10/h2,7H,3H2,1H3,(H2,13,14,15,16). The van der Waals surface area contributed by atoms with Crippen LogP contribution in [0.2, 0.25) is 0 Å². The monoisotopic (exact) mass is 239 g/mol. The summed E-state index contributed by atoms with van der Waals surface area (Å²) >= 11 is 0. The molecule has 1 heterocycles. The number of H-pyrrole nitrogens is 1. The third kappa shape index (κ3) is 3.21. The second kappa shape index (κ2) is 4.50. The van der Waals surface area contributed by atoms with E-state index in [9.17, 15) is 22.4 Å². The fourth-order valence-electron chi connectivity index (χ4n) is 0.956. The van der Waals surface area contributed by atoms with E-state index >= 15 is 0 Å². The summed E-state index contributed by atoms with van der Waals surface area (Å²) in [5, 5.41) is 1.99. The van der Waals surface area contributed by atoms with Crippen molar-refractivity contribution in [1.29, 1.82) is 0 Å². The van der Waals surface area contributed by atoms with Gasteiger partial charge >= 0.3 is 12.3 Å². The Morgan fingerprint density at radius 2 is 2.19 bits per heavy atom. The lowest BCUT2D eigenvalue weighted by atomic mass is 10.3. The number of hydrogen-bond acceptors (Lipinski definition) is 3. The van der Waals surface area contributed by atoms with Gasteiger partial charge in [-0.05, 0) is 6.92 Å². The molecule has 0 aliphatic rings. The van der Waals surface area contributed by atoms with E-state index in [1.807, 2.05) is 5.32 Å². The Morgan fingerprint density at radius 1 is 1.56 bits per heavy atom. The van der Waals surface area contributed by atoms with Gasteiger partial charge in [-0.15, -0.1) is 0 Å². The van der Waals surface area contributed by atoms with Gasteiger partial charge in [0.15, 0.2) is 0 Å². The average Bonchev–Trinajstić information content (AvgIpc) is 2.13. The molecule has 90 valence electrons. The van der Waals surface area contributed by atoms with Gasteiger partial charge in [-0.3, -0.25) is 4.79 Å². The van der Waals surface area contributed by atoms with Crippen LogP contribution in [0.3, 0.4) is 0 Å². The van der Waals surface area contributed by atoms with Gasteiger partial charge in [0.05, 0.1) is 6.54 Å². The number of aromatic amines is 1. The summed E-state index contributed by atoms with van der Waals surface area (Å²) in [5.41, 5.74) is -0.546. The average molecular weight is 239 g/mol. The Hall–Kier alpha value is -1.60. The second-order valence-electron chi connectivity index (χ2n) is 3.13. The van der Waals surface area contributed by atoms with E-state index in [2.05, 4.69) is 9.97 Å². The predicted molar refractivity (Wildman–Crippen MR) is 49.0 cm³/mol. The largest absolute Gasteiger partial charge is 0.364 e. The highest BCUT2D eigenvalue weighted by molar-refractivity contribution is 5.33. The highest BCUT2D eigenvalue weighted by Crippen LogP contribution is 2.22. The number of hydrogen-bond donors (Lipinski definition) is 2. The predicted octanol–water partition coefficient (Wildman–Crippen LogP) is 1.39. The maximum Gasteiger partial charge on any atom is 0.324 e. The normalized spacial score (nSPS) is 11.9. The van der Waals surface area contributed by atoms with Crippen LogP contribution in [0, 0.1) is 6.92 Å². The zero-order chi connectivity index (χ0) is 12.3. The van der Waals surface area contributed by atoms with Crippen molar-refractivity contribution in [2.75, 3.05) is 11.9 Å². The number of alkyl halides is 4. The first-order valence-corrected chi connectivity index (χ1v) is 4.29. The number of aromatic nitrogens is 2. The van der Waals surface area contributed by atoms with Crippen LogP contribution in [-0.2, 0) is 0 Å². The van der Waals surface area contributed by atoms with Crippen molar-refractivity contribution >= 4 is 5.82 Å². The third-order valence-corrected chi connectivity index (χ3v) is 1.68. The van der Waals surface area contributed by atoms with E-state index in [1.165, 1.54) is 6.92 Å². The molecule has 1 aromatic rings. The van der Waals surface area contributed by atoms with Gasteiger partial charge < -0.3 is 10.3 Å².